The minimum atomic E-state index is -0.145. The Labute approximate surface area is 121 Å². The van der Waals surface area contributed by atoms with Crippen LogP contribution in [0.4, 0.5) is 5.82 Å². The number of ether oxygens (including phenoxy) is 1. The lowest BCUT2D eigenvalue weighted by Crippen LogP contribution is -2.34. The summed E-state index contributed by atoms with van der Waals surface area (Å²) in [5, 5.41) is 0. The average Bonchev–Trinajstić information content (AvgIpc) is 2.37. The molecule has 1 amide bonds. The van der Waals surface area contributed by atoms with E-state index in [2.05, 4.69) is 4.98 Å². The number of anilines is 1. The molecular weight excluding hydrogens is 254 g/mol. The lowest BCUT2D eigenvalue weighted by atomic mass is 9.90. The number of carbonyl (C=O) groups excluding carboxylic acids is 1. The second-order valence-corrected chi connectivity index (χ2v) is 5.79. The smallest absolute Gasteiger partial charge is 0.254 e. The molecule has 5 nitrogen and oxygen atoms in total. The van der Waals surface area contributed by atoms with Gasteiger partial charge in [-0.15, -0.1) is 0 Å². The van der Waals surface area contributed by atoms with Crippen LogP contribution in [0.25, 0.3) is 0 Å². The van der Waals surface area contributed by atoms with Gasteiger partial charge in [-0.05, 0) is 19.1 Å². The Bertz CT molecular complexity index is 467. The van der Waals surface area contributed by atoms with Crippen LogP contribution in [0.2, 0.25) is 0 Å². The van der Waals surface area contributed by atoms with Crippen molar-refractivity contribution >= 4 is 11.7 Å². The number of nitrogens with zero attached hydrogens (tertiary/aromatic N) is 2. The molecule has 112 valence electrons. The van der Waals surface area contributed by atoms with Crippen molar-refractivity contribution in [1.29, 1.82) is 0 Å². The predicted octanol–water partition coefficient (Wildman–Crippen LogP) is 2.07. The van der Waals surface area contributed by atoms with E-state index in [9.17, 15) is 4.79 Å². The summed E-state index contributed by atoms with van der Waals surface area (Å²) in [5.41, 5.74) is 7.09. The monoisotopic (exact) mass is 279 g/mol. The molecule has 0 aliphatic rings. The summed E-state index contributed by atoms with van der Waals surface area (Å²) in [6, 6.07) is 3.46. The normalized spacial score (nSPS) is 11.4. The minimum absolute atomic E-state index is 0.0378. The summed E-state index contributed by atoms with van der Waals surface area (Å²) >= 11 is 0. The van der Waals surface area contributed by atoms with E-state index in [4.69, 9.17) is 10.5 Å². The summed E-state index contributed by atoms with van der Waals surface area (Å²) in [4.78, 5) is 18.6. The molecule has 1 rings (SSSR count). The number of amides is 1. The van der Waals surface area contributed by atoms with Gasteiger partial charge in [-0.3, -0.25) is 4.79 Å². The SMILES string of the molecule is CCN(CCOC)C(=O)c1cc(N)nc(C(C)(C)C)c1. The molecule has 0 aliphatic carbocycles. The van der Waals surface area contributed by atoms with Crippen molar-refractivity contribution in [3.8, 4) is 0 Å². The molecule has 0 spiro atoms. The van der Waals surface area contributed by atoms with E-state index in [1.165, 1.54) is 0 Å². The van der Waals surface area contributed by atoms with E-state index in [-0.39, 0.29) is 11.3 Å². The fourth-order valence-electron chi connectivity index (χ4n) is 1.85. The van der Waals surface area contributed by atoms with Gasteiger partial charge in [0.25, 0.3) is 5.91 Å². The van der Waals surface area contributed by atoms with Crippen molar-refractivity contribution in [2.75, 3.05) is 32.5 Å². The van der Waals surface area contributed by atoms with Gasteiger partial charge in [-0.1, -0.05) is 20.8 Å². The Kier molecular flexibility index (Phi) is 5.51. The number of likely N-dealkylation sites (N-methyl/N-ethyl adjacent to an activating group) is 1. The summed E-state index contributed by atoms with van der Waals surface area (Å²) in [6.07, 6.45) is 0. The Morgan fingerprint density at radius 2 is 2.05 bits per heavy atom. The first kappa shape index (κ1) is 16.4. The maximum Gasteiger partial charge on any atom is 0.254 e. The molecule has 1 heterocycles. The first-order chi connectivity index (χ1) is 9.29. The molecule has 0 bridgehead atoms. The highest BCUT2D eigenvalue weighted by atomic mass is 16.5. The zero-order valence-electron chi connectivity index (χ0n) is 13.1. The highest BCUT2D eigenvalue weighted by molar-refractivity contribution is 5.95. The first-order valence-electron chi connectivity index (χ1n) is 6.85. The molecule has 5 heteroatoms. The third kappa shape index (κ3) is 4.20. The van der Waals surface area contributed by atoms with Crippen molar-refractivity contribution in [3.05, 3.63) is 23.4 Å². The molecule has 0 aliphatic heterocycles. The number of hydrogen-bond acceptors (Lipinski definition) is 4. The molecule has 0 saturated heterocycles. The number of nitrogen functional groups attached to an aromatic ring is 1. The number of aromatic nitrogens is 1. The Balaban J connectivity index is 3.06. The molecular formula is C15H25N3O2. The van der Waals surface area contributed by atoms with Crippen molar-refractivity contribution < 1.29 is 9.53 Å². The molecule has 1 aromatic rings. The van der Waals surface area contributed by atoms with Gasteiger partial charge in [0.2, 0.25) is 0 Å². The number of hydrogen-bond donors (Lipinski definition) is 1. The summed E-state index contributed by atoms with van der Waals surface area (Å²) in [6.45, 7) is 9.81. The third-order valence-corrected chi connectivity index (χ3v) is 3.09. The lowest BCUT2D eigenvalue weighted by molar-refractivity contribution is 0.0706. The van der Waals surface area contributed by atoms with Crippen LogP contribution >= 0.6 is 0 Å². The maximum absolute atomic E-state index is 12.5. The molecule has 2 N–H and O–H groups in total. The van der Waals surface area contributed by atoms with E-state index < -0.39 is 0 Å². The average molecular weight is 279 g/mol. The van der Waals surface area contributed by atoms with Crippen molar-refractivity contribution in [2.24, 2.45) is 0 Å². The molecule has 0 unspecified atom stereocenters. The van der Waals surface area contributed by atoms with E-state index in [0.717, 1.165) is 5.69 Å². The quantitative estimate of drug-likeness (QED) is 0.896. The van der Waals surface area contributed by atoms with Gasteiger partial charge in [0.1, 0.15) is 5.82 Å². The third-order valence-electron chi connectivity index (χ3n) is 3.09. The van der Waals surface area contributed by atoms with Crippen LogP contribution in [0.3, 0.4) is 0 Å². The topological polar surface area (TPSA) is 68.5 Å². The Morgan fingerprint density at radius 3 is 2.55 bits per heavy atom. The zero-order chi connectivity index (χ0) is 15.3. The number of pyridine rings is 1. The number of carbonyl (C=O) groups is 1. The zero-order valence-corrected chi connectivity index (χ0v) is 13.1. The summed E-state index contributed by atoms with van der Waals surface area (Å²) < 4.78 is 5.03. The molecule has 20 heavy (non-hydrogen) atoms. The predicted molar refractivity (Wildman–Crippen MR) is 80.8 cm³/mol. The van der Waals surface area contributed by atoms with Crippen molar-refractivity contribution in [2.45, 2.75) is 33.1 Å². The van der Waals surface area contributed by atoms with Gasteiger partial charge < -0.3 is 15.4 Å². The molecule has 0 fully saturated rings. The Hall–Kier alpha value is -1.62. The van der Waals surface area contributed by atoms with E-state index >= 15 is 0 Å². The first-order valence-corrected chi connectivity index (χ1v) is 6.85. The van der Waals surface area contributed by atoms with Crippen molar-refractivity contribution in [3.63, 3.8) is 0 Å². The Morgan fingerprint density at radius 1 is 1.40 bits per heavy atom. The number of nitrogens with two attached hydrogens (primary N) is 1. The van der Waals surface area contributed by atoms with E-state index in [1.807, 2.05) is 33.8 Å². The molecule has 1 aromatic heterocycles. The molecule has 0 saturated carbocycles. The second kappa shape index (κ2) is 6.70. The van der Waals surface area contributed by atoms with Gasteiger partial charge in [-0.2, -0.15) is 0 Å². The van der Waals surface area contributed by atoms with Crippen LogP contribution in [0.15, 0.2) is 12.1 Å². The number of rotatable bonds is 5. The lowest BCUT2D eigenvalue weighted by Gasteiger charge is -2.23. The van der Waals surface area contributed by atoms with Crippen LogP contribution in [0, 0.1) is 0 Å². The number of methoxy groups -OCH3 is 1. The van der Waals surface area contributed by atoms with Crippen LogP contribution < -0.4 is 5.73 Å². The van der Waals surface area contributed by atoms with E-state index in [1.54, 1.807) is 18.1 Å². The molecule has 0 atom stereocenters. The largest absolute Gasteiger partial charge is 0.384 e. The van der Waals surface area contributed by atoms with Gasteiger partial charge >= 0.3 is 0 Å². The summed E-state index contributed by atoms with van der Waals surface area (Å²) in [5.74, 6) is 0.340. The fourth-order valence-corrected chi connectivity index (χ4v) is 1.85. The fraction of sp³-hybridized carbons (Fsp3) is 0.600. The standard InChI is InChI=1S/C15H25N3O2/c1-6-18(7-8-20-5)14(19)11-9-12(15(2,3)4)17-13(16)10-11/h9-10H,6-8H2,1-5H3,(H2,16,17). The minimum Gasteiger partial charge on any atom is -0.384 e. The molecule has 0 radical (unpaired) electrons. The maximum atomic E-state index is 12.5. The van der Waals surface area contributed by atoms with Gasteiger partial charge in [0, 0.05) is 36.9 Å². The summed E-state index contributed by atoms with van der Waals surface area (Å²) in [7, 11) is 1.63. The van der Waals surface area contributed by atoms with Crippen LogP contribution in [0.5, 0.6) is 0 Å². The van der Waals surface area contributed by atoms with Crippen molar-refractivity contribution in [1.82, 2.24) is 9.88 Å². The van der Waals surface area contributed by atoms with Gasteiger partial charge in [-0.25, -0.2) is 4.98 Å². The van der Waals surface area contributed by atoms with Crippen LogP contribution in [-0.2, 0) is 10.2 Å². The second-order valence-electron chi connectivity index (χ2n) is 5.79. The van der Waals surface area contributed by atoms with Gasteiger partial charge in [0.05, 0.1) is 6.61 Å². The van der Waals surface area contributed by atoms with Crippen LogP contribution in [-0.4, -0.2) is 42.6 Å². The highest BCUT2D eigenvalue weighted by Gasteiger charge is 2.20. The molecule has 0 aromatic carbocycles. The van der Waals surface area contributed by atoms with Gasteiger partial charge in [0.15, 0.2) is 0 Å². The van der Waals surface area contributed by atoms with Crippen LogP contribution in [0.1, 0.15) is 43.7 Å². The van der Waals surface area contributed by atoms with E-state index in [0.29, 0.717) is 31.1 Å². The highest BCUT2D eigenvalue weighted by Crippen LogP contribution is 2.23.